The number of amides is 2. The largest absolute Gasteiger partial charge is 0.352 e. The average molecular weight is 506 g/mol. The predicted molar refractivity (Wildman–Crippen MR) is 133 cm³/mol. The summed E-state index contributed by atoms with van der Waals surface area (Å²) in [5.41, 5.74) is 1.91. The Balaban J connectivity index is 1.79. The first-order chi connectivity index (χ1) is 16.1. The first-order valence-corrected chi connectivity index (χ1v) is 13.3. The van der Waals surface area contributed by atoms with Gasteiger partial charge in [-0.05, 0) is 56.5 Å². The van der Waals surface area contributed by atoms with Gasteiger partial charge in [0.25, 0.3) is 0 Å². The van der Waals surface area contributed by atoms with Crippen molar-refractivity contribution in [3.8, 4) is 0 Å². The first kappa shape index (κ1) is 26.2. The Morgan fingerprint density at radius 2 is 1.76 bits per heavy atom. The lowest BCUT2D eigenvalue weighted by molar-refractivity contribution is -0.140. The van der Waals surface area contributed by atoms with Gasteiger partial charge in [0.2, 0.25) is 21.8 Å². The Morgan fingerprint density at radius 3 is 2.38 bits per heavy atom. The lowest BCUT2D eigenvalue weighted by Crippen LogP contribution is -2.52. The van der Waals surface area contributed by atoms with Gasteiger partial charge in [-0.2, -0.15) is 4.31 Å². The lowest BCUT2D eigenvalue weighted by Gasteiger charge is -2.31. The molecule has 0 bridgehead atoms. The molecular weight excluding hydrogens is 474 g/mol. The van der Waals surface area contributed by atoms with E-state index in [9.17, 15) is 18.0 Å². The number of carbonyl (C=O) groups excluding carboxylic acids is 2. The van der Waals surface area contributed by atoms with Gasteiger partial charge in [-0.1, -0.05) is 54.3 Å². The number of halogens is 1. The SMILES string of the molecule is Cc1cccc(CN(C(=O)CN(C)S(=O)(=O)c2ccc(Cl)cc2)C(C)C(=O)NC2CCCC2)c1. The molecule has 3 rings (SSSR count). The summed E-state index contributed by atoms with van der Waals surface area (Å²) in [7, 11) is -2.54. The maximum Gasteiger partial charge on any atom is 0.243 e. The van der Waals surface area contributed by atoms with E-state index in [0.717, 1.165) is 41.1 Å². The van der Waals surface area contributed by atoms with Gasteiger partial charge in [0.1, 0.15) is 6.04 Å². The molecule has 2 aromatic rings. The van der Waals surface area contributed by atoms with Crippen LogP contribution in [0.5, 0.6) is 0 Å². The van der Waals surface area contributed by atoms with E-state index in [1.165, 1.54) is 36.2 Å². The molecule has 34 heavy (non-hydrogen) atoms. The summed E-state index contributed by atoms with van der Waals surface area (Å²) in [6.45, 7) is 3.45. The van der Waals surface area contributed by atoms with Crippen LogP contribution in [0.15, 0.2) is 53.4 Å². The van der Waals surface area contributed by atoms with Crippen molar-refractivity contribution in [2.45, 2.75) is 63.1 Å². The lowest BCUT2D eigenvalue weighted by atomic mass is 10.1. The number of likely N-dealkylation sites (N-methyl/N-ethyl adjacent to an activating group) is 1. The second kappa shape index (κ2) is 11.3. The molecule has 0 aromatic heterocycles. The van der Waals surface area contributed by atoms with Crippen molar-refractivity contribution < 1.29 is 18.0 Å². The summed E-state index contributed by atoms with van der Waals surface area (Å²) in [5, 5.41) is 3.47. The minimum atomic E-state index is -3.90. The number of aryl methyl sites for hydroxylation is 1. The molecule has 1 aliphatic rings. The normalized spacial score (nSPS) is 15.3. The van der Waals surface area contributed by atoms with Crippen LogP contribution in [0.3, 0.4) is 0 Å². The fourth-order valence-electron chi connectivity index (χ4n) is 4.13. The molecule has 0 saturated heterocycles. The minimum Gasteiger partial charge on any atom is -0.352 e. The maximum atomic E-state index is 13.4. The van der Waals surface area contributed by atoms with Crippen molar-refractivity contribution in [2.75, 3.05) is 13.6 Å². The number of sulfonamides is 1. The molecule has 1 unspecified atom stereocenters. The zero-order chi connectivity index (χ0) is 24.9. The third-order valence-corrected chi connectivity index (χ3v) is 8.25. The van der Waals surface area contributed by atoms with Crippen molar-refractivity contribution in [2.24, 2.45) is 0 Å². The molecule has 184 valence electrons. The zero-order valence-corrected chi connectivity index (χ0v) is 21.4. The Hall–Kier alpha value is -2.42. The van der Waals surface area contributed by atoms with Crippen LogP contribution in [0, 0.1) is 6.92 Å². The fraction of sp³-hybridized carbons (Fsp3) is 0.440. The second-order valence-electron chi connectivity index (χ2n) is 8.89. The summed E-state index contributed by atoms with van der Waals surface area (Å²) in [6.07, 6.45) is 4.04. The van der Waals surface area contributed by atoms with Crippen LogP contribution in [0.1, 0.15) is 43.7 Å². The number of nitrogens with zero attached hydrogens (tertiary/aromatic N) is 2. The van der Waals surface area contributed by atoms with Gasteiger partial charge in [-0.15, -0.1) is 0 Å². The van der Waals surface area contributed by atoms with E-state index in [2.05, 4.69) is 5.32 Å². The Kier molecular flexibility index (Phi) is 8.73. The van der Waals surface area contributed by atoms with E-state index in [1.54, 1.807) is 6.92 Å². The number of nitrogens with one attached hydrogen (secondary N) is 1. The zero-order valence-electron chi connectivity index (χ0n) is 19.8. The molecule has 0 heterocycles. The molecule has 7 nitrogen and oxygen atoms in total. The van der Waals surface area contributed by atoms with E-state index in [0.29, 0.717) is 5.02 Å². The van der Waals surface area contributed by atoms with Crippen molar-refractivity contribution >= 4 is 33.4 Å². The highest BCUT2D eigenvalue weighted by molar-refractivity contribution is 7.89. The second-order valence-corrected chi connectivity index (χ2v) is 11.4. The van der Waals surface area contributed by atoms with E-state index < -0.39 is 28.5 Å². The third kappa shape index (κ3) is 6.58. The molecule has 2 amide bonds. The minimum absolute atomic E-state index is 0.0458. The summed E-state index contributed by atoms with van der Waals surface area (Å²) in [5.74, 6) is -0.674. The molecule has 0 radical (unpaired) electrons. The third-order valence-electron chi connectivity index (χ3n) is 6.18. The van der Waals surface area contributed by atoms with Gasteiger partial charge in [0.05, 0.1) is 11.4 Å². The smallest absolute Gasteiger partial charge is 0.243 e. The molecule has 9 heteroatoms. The summed E-state index contributed by atoms with van der Waals surface area (Å²) < 4.78 is 26.9. The highest BCUT2D eigenvalue weighted by Gasteiger charge is 2.31. The van der Waals surface area contributed by atoms with Crippen molar-refractivity contribution in [3.63, 3.8) is 0 Å². The number of rotatable bonds is 9. The van der Waals surface area contributed by atoms with Crippen LogP contribution in [0.2, 0.25) is 5.02 Å². The van der Waals surface area contributed by atoms with Gasteiger partial charge in [0.15, 0.2) is 0 Å². The molecule has 1 N–H and O–H groups in total. The Bertz CT molecular complexity index is 1120. The molecule has 0 aliphatic heterocycles. The summed E-state index contributed by atoms with van der Waals surface area (Å²) in [6, 6.07) is 12.9. The van der Waals surface area contributed by atoms with Crippen LogP contribution in [0.25, 0.3) is 0 Å². The van der Waals surface area contributed by atoms with E-state index >= 15 is 0 Å². The standard InChI is InChI=1S/C25H32ClN3O4S/c1-18-7-6-8-20(15-18)16-29(19(2)25(31)27-22-9-4-5-10-22)24(30)17-28(3)34(32,33)23-13-11-21(26)12-14-23/h6-8,11-15,19,22H,4-5,9-10,16-17H2,1-3H3,(H,27,31). The highest BCUT2D eigenvalue weighted by atomic mass is 35.5. The van der Waals surface area contributed by atoms with Crippen LogP contribution in [-0.4, -0.2) is 55.1 Å². The molecule has 1 aliphatic carbocycles. The van der Waals surface area contributed by atoms with Crippen molar-refractivity contribution in [1.29, 1.82) is 0 Å². The topological polar surface area (TPSA) is 86.8 Å². The van der Waals surface area contributed by atoms with Crippen LogP contribution in [-0.2, 0) is 26.2 Å². The molecule has 0 spiro atoms. The van der Waals surface area contributed by atoms with Gasteiger partial charge in [-0.3, -0.25) is 9.59 Å². The van der Waals surface area contributed by atoms with Gasteiger partial charge >= 0.3 is 0 Å². The Labute approximate surface area is 207 Å². The monoisotopic (exact) mass is 505 g/mol. The van der Waals surface area contributed by atoms with Crippen molar-refractivity contribution in [1.82, 2.24) is 14.5 Å². The van der Waals surface area contributed by atoms with Crippen molar-refractivity contribution in [3.05, 3.63) is 64.7 Å². The number of hydrogen-bond donors (Lipinski definition) is 1. The first-order valence-electron chi connectivity index (χ1n) is 11.4. The molecule has 2 aromatic carbocycles. The summed E-state index contributed by atoms with van der Waals surface area (Å²) >= 11 is 5.87. The van der Waals surface area contributed by atoms with Gasteiger partial charge in [0, 0.05) is 24.7 Å². The van der Waals surface area contributed by atoms with Gasteiger partial charge < -0.3 is 10.2 Å². The quantitative estimate of drug-likeness (QED) is 0.562. The van der Waals surface area contributed by atoms with E-state index in [-0.39, 0.29) is 23.4 Å². The van der Waals surface area contributed by atoms with E-state index in [1.807, 2.05) is 31.2 Å². The van der Waals surface area contributed by atoms with Crippen LogP contribution >= 0.6 is 11.6 Å². The molecule has 1 saturated carbocycles. The highest BCUT2D eigenvalue weighted by Crippen LogP contribution is 2.20. The van der Waals surface area contributed by atoms with Crippen LogP contribution < -0.4 is 5.32 Å². The van der Waals surface area contributed by atoms with E-state index in [4.69, 9.17) is 11.6 Å². The average Bonchev–Trinajstić information content (AvgIpc) is 3.30. The molecule has 1 atom stereocenters. The maximum absolute atomic E-state index is 13.4. The van der Waals surface area contributed by atoms with Gasteiger partial charge in [-0.25, -0.2) is 8.42 Å². The summed E-state index contributed by atoms with van der Waals surface area (Å²) in [4.78, 5) is 27.9. The number of carbonyl (C=O) groups is 2. The number of benzene rings is 2. The van der Waals surface area contributed by atoms with Crippen LogP contribution in [0.4, 0.5) is 0 Å². The Morgan fingerprint density at radius 1 is 1.12 bits per heavy atom. The number of hydrogen-bond acceptors (Lipinski definition) is 4. The predicted octanol–water partition coefficient (Wildman–Crippen LogP) is 3.75. The molecule has 1 fully saturated rings. The molecular formula is C25H32ClN3O4S. The fourth-order valence-corrected chi connectivity index (χ4v) is 5.38.